The maximum absolute atomic E-state index is 6.53. The Kier molecular flexibility index (Phi) is 7.80. The minimum Gasteiger partial charge on any atom is -0.456 e. The van der Waals surface area contributed by atoms with E-state index < -0.39 is 0 Å². The van der Waals surface area contributed by atoms with E-state index in [2.05, 4.69) is 179 Å². The molecule has 0 saturated heterocycles. The molecule has 0 atom stereocenters. The van der Waals surface area contributed by atoms with Gasteiger partial charge in [0.25, 0.3) is 0 Å². The molecular weight excluding hydrogens is 771 g/mol. The van der Waals surface area contributed by atoms with Crippen molar-refractivity contribution in [3.8, 4) is 56.7 Å². The number of hydrogen-bond acceptors (Lipinski definition) is 4. The number of nitrogens with zero attached hydrogens (tertiary/aromatic N) is 5. The van der Waals surface area contributed by atoms with Crippen molar-refractivity contribution in [3.63, 3.8) is 0 Å². The molecule has 0 aliphatic rings. The lowest BCUT2D eigenvalue weighted by atomic mass is 9.99. The first-order chi connectivity index (χ1) is 31.2. The first-order valence-electron chi connectivity index (χ1n) is 21.2. The molecule has 0 amide bonds. The Morgan fingerprint density at radius 2 is 0.825 bits per heavy atom. The summed E-state index contributed by atoms with van der Waals surface area (Å²) in [4.78, 5) is 15.4. The fourth-order valence-electron chi connectivity index (χ4n) is 9.52. The summed E-state index contributed by atoms with van der Waals surface area (Å²) in [6.07, 6.45) is 0. The maximum atomic E-state index is 6.53. The quantitative estimate of drug-likeness (QED) is 0.168. The van der Waals surface area contributed by atoms with E-state index in [1.807, 2.05) is 42.5 Å². The van der Waals surface area contributed by atoms with E-state index in [4.69, 9.17) is 19.4 Å². The zero-order valence-corrected chi connectivity index (χ0v) is 33.9. The van der Waals surface area contributed by atoms with E-state index >= 15 is 0 Å². The molecule has 9 aromatic carbocycles. The number of furan rings is 1. The molecule has 13 rings (SSSR count). The van der Waals surface area contributed by atoms with Crippen LogP contribution in [0.4, 0.5) is 0 Å². The molecule has 4 heterocycles. The molecule has 0 saturated carbocycles. The minimum absolute atomic E-state index is 0.572. The average Bonchev–Trinajstić information content (AvgIpc) is 4.01. The first kappa shape index (κ1) is 35.2. The van der Waals surface area contributed by atoms with Crippen LogP contribution in [0.3, 0.4) is 0 Å². The summed E-state index contributed by atoms with van der Waals surface area (Å²) < 4.78 is 11.3. The molecule has 0 N–H and O–H groups in total. The predicted octanol–water partition coefficient (Wildman–Crippen LogP) is 14.6. The predicted molar refractivity (Wildman–Crippen MR) is 258 cm³/mol. The van der Waals surface area contributed by atoms with Crippen LogP contribution in [0.2, 0.25) is 0 Å². The van der Waals surface area contributed by atoms with Gasteiger partial charge in [0.15, 0.2) is 17.5 Å². The second kappa shape index (κ2) is 14.0. The van der Waals surface area contributed by atoms with Gasteiger partial charge in [-0.05, 0) is 77.9 Å². The third-order valence-corrected chi connectivity index (χ3v) is 12.4. The van der Waals surface area contributed by atoms with Gasteiger partial charge in [0.05, 0.1) is 22.1 Å². The molecule has 6 nitrogen and oxygen atoms in total. The Hall–Kier alpha value is -8.61. The van der Waals surface area contributed by atoms with Crippen molar-refractivity contribution < 1.29 is 4.42 Å². The van der Waals surface area contributed by atoms with Gasteiger partial charge in [-0.3, -0.25) is 0 Å². The van der Waals surface area contributed by atoms with Gasteiger partial charge in [0.2, 0.25) is 0 Å². The molecule has 0 aliphatic heterocycles. The Labute approximate surface area is 361 Å². The van der Waals surface area contributed by atoms with Crippen LogP contribution in [0.1, 0.15) is 0 Å². The van der Waals surface area contributed by atoms with Gasteiger partial charge in [-0.15, -0.1) is 0 Å². The largest absolute Gasteiger partial charge is 0.456 e. The second-order valence-electron chi connectivity index (χ2n) is 16.0. The summed E-state index contributed by atoms with van der Waals surface area (Å²) in [7, 11) is 0. The molecule has 0 aliphatic carbocycles. The molecule has 0 spiro atoms. The molecule has 0 fully saturated rings. The molecule has 0 unspecified atom stereocenters. The number of hydrogen-bond donors (Lipinski definition) is 0. The van der Waals surface area contributed by atoms with E-state index in [1.54, 1.807) is 0 Å². The number of benzene rings is 9. The standard InChI is InChI=1S/C57H35N5O/c1-4-16-36(17-5-1)42-26-15-29-52-54(42)45-31-30-39(33-53(45)63-52)57-59-55(37-18-6-2-7-19-37)58-56(60-57)38-20-14-23-41(32-38)62-49-28-13-11-25-44(49)47-34-46-43-24-10-12-27-48(43)61(50(46)35-51(47)62)40-21-8-3-9-22-40/h1-35H. The van der Waals surface area contributed by atoms with E-state index in [-0.39, 0.29) is 0 Å². The maximum Gasteiger partial charge on any atom is 0.164 e. The Morgan fingerprint density at radius 1 is 0.302 bits per heavy atom. The van der Waals surface area contributed by atoms with Crippen LogP contribution < -0.4 is 0 Å². The topological polar surface area (TPSA) is 61.7 Å². The van der Waals surface area contributed by atoms with Gasteiger partial charge in [0.1, 0.15) is 11.2 Å². The van der Waals surface area contributed by atoms with Gasteiger partial charge in [-0.25, -0.2) is 15.0 Å². The molecule has 13 aromatic rings. The fourth-order valence-corrected chi connectivity index (χ4v) is 9.52. The van der Waals surface area contributed by atoms with E-state index in [0.717, 1.165) is 77.7 Å². The van der Waals surface area contributed by atoms with Crippen molar-refractivity contribution in [1.29, 1.82) is 0 Å². The van der Waals surface area contributed by atoms with Crippen LogP contribution >= 0.6 is 0 Å². The van der Waals surface area contributed by atoms with E-state index in [1.165, 1.54) is 27.1 Å². The highest BCUT2D eigenvalue weighted by Crippen LogP contribution is 2.41. The lowest BCUT2D eigenvalue weighted by molar-refractivity contribution is 0.669. The van der Waals surface area contributed by atoms with Crippen LogP contribution in [-0.4, -0.2) is 24.1 Å². The number of para-hydroxylation sites is 3. The molecule has 6 heteroatoms. The normalized spacial score (nSPS) is 11.8. The number of rotatable bonds is 6. The first-order valence-corrected chi connectivity index (χ1v) is 21.2. The molecule has 294 valence electrons. The second-order valence-corrected chi connectivity index (χ2v) is 16.0. The summed E-state index contributed by atoms with van der Waals surface area (Å²) in [5.74, 6) is 1.76. The smallest absolute Gasteiger partial charge is 0.164 e. The molecular formula is C57H35N5O. The van der Waals surface area contributed by atoms with Crippen LogP contribution in [0, 0.1) is 0 Å². The molecule has 0 radical (unpaired) electrons. The van der Waals surface area contributed by atoms with Crippen LogP contribution in [0.5, 0.6) is 0 Å². The zero-order valence-electron chi connectivity index (χ0n) is 33.9. The lowest BCUT2D eigenvalue weighted by Crippen LogP contribution is -2.01. The molecule has 0 bridgehead atoms. The summed E-state index contributed by atoms with van der Waals surface area (Å²) in [6, 6.07) is 74.4. The average molecular weight is 806 g/mol. The summed E-state index contributed by atoms with van der Waals surface area (Å²) in [5.41, 5.74) is 13.3. The fraction of sp³-hybridized carbons (Fsp3) is 0. The number of fused-ring (bicyclic) bond motifs is 9. The van der Waals surface area contributed by atoms with Crippen molar-refractivity contribution in [3.05, 3.63) is 212 Å². The van der Waals surface area contributed by atoms with Gasteiger partial charge in [-0.2, -0.15) is 0 Å². The number of aromatic nitrogens is 5. The Balaban J connectivity index is 0.994. The van der Waals surface area contributed by atoms with Gasteiger partial charge < -0.3 is 13.6 Å². The Morgan fingerprint density at radius 3 is 1.51 bits per heavy atom. The SMILES string of the molecule is c1ccc(-c2nc(-c3cccc(-n4c5ccccc5c5cc6c7ccccc7n(-c7ccccc7)c6cc54)c3)nc(-c3ccc4c(c3)oc3cccc(-c5ccccc5)c34)n2)cc1. The van der Waals surface area contributed by atoms with Gasteiger partial charge in [0, 0.05) is 60.4 Å². The van der Waals surface area contributed by atoms with Gasteiger partial charge >= 0.3 is 0 Å². The summed E-state index contributed by atoms with van der Waals surface area (Å²) in [5, 5.41) is 6.99. The summed E-state index contributed by atoms with van der Waals surface area (Å²) in [6.45, 7) is 0. The summed E-state index contributed by atoms with van der Waals surface area (Å²) >= 11 is 0. The monoisotopic (exact) mass is 805 g/mol. The van der Waals surface area contributed by atoms with Crippen molar-refractivity contribution in [2.24, 2.45) is 0 Å². The lowest BCUT2D eigenvalue weighted by Gasteiger charge is -2.12. The van der Waals surface area contributed by atoms with Crippen LogP contribution in [-0.2, 0) is 0 Å². The van der Waals surface area contributed by atoms with E-state index in [9.17, 15) is 0 Å². The van der Waals surface area contributed by atoms with Crippen molar-refractivity contribution in [2.75, 3.05) is 0 Å². The molecule has 63 heavy (non-hydrogen) atoms. The van der Waals surface area contributed by atoms with Crippen molar-refractivity contribution >= 4 is 65.6 Å². The third kappa shape index (κ3) is 5.62. The highest BCUT2D eigenvalue weighted by atomic mass is 16.3. The van der Waals surface area contributed by atoms with Crippen LogP contribution in [0.25, 0.3) is 122 Å². The molecule has 4 aromatic heterocycles. The minimum atomic E-state index is 0.572. The van der Waals surface area contributed by atoms with Crippen LogP contribution in [0.15, 0.2) is 217 Å². The highest BCUT2D eigenvalue weighted by molar-refractivity contribution is 6.19. The zero-order chi connectivity index (χ0) is 41.4. The van der Waals surface area contributed by atoms with Crippen molar-refractivity contribution in [2.45, 2.75) is 0 Å². The highest BCUT2D eigenvalue weighted by Gasteiger charge is 2.20. The third-order valence-electron chi connectivity index (χ3n) is 12.4. The Bertz CT molecular complexity index is 3900. The van der Waals surface area contributed by atoms with Gasteiger partial charge in [-0.1, -0.05) is 146 Å². The van der Waals surface area contributed by atoms with E-state index in [0.29, 0.717) is 17.5 Å². The van der Waals surface area contributed by atoms with Crippen molar-refractivity contribution in [1.82, 2.24) is 24.1 Å².